The van der Waals surface area contributed by atoms with E-state index in [-0.39, 0.29) is 44.2 Å². The molecule has 14 nitrogen and oxygen atoms in total. The zero-order valence-corrected chi connectivity index (χ0v) is 19.7. The van der Waals surface area contributed by atoms with Crippen molar-refractivity contribution in [3.63, 3.8) is 0 Å². The van der Waals surface area contributed by atoms with Gasteiger partial charge in [0.2, 0.25) is 23.6 Å². The molecular weight excluding hydrogens is 460 g/mol. The predicted octanol–water partition coefficient (Wildman–Crippen LogP) is -2.90. The Bertz CT molecular complexity index is 825. The average Bonchev–Trinajstić information content (AvgIpc) is 3.49. The number of rotatable bonds is 13. The number of aliphatic carboxylic acids is 1. The standard InChI is InChI=1S/C21H36N8O6/c22-16(30)8-7-13(27-17(31)12-4-1-9-25-12)18(32)28-14(5-2-10-26-21(23)24)19(33)29-11-3-6-15(29)20(34)35/h12-15,25H,1-11H2,(H2,22,30)(H,27,31)(H,28,32)(H,34,35)(H4,23,24,26). The van der Waals surface area contributed by atoms with Crippen LogP contribution in [0.2, 0.25) is 0 Å². The third-order valence-electron chi connectivity index (χ3n) is 6.07. The van der Waals surface area contributed by atoms with E-state index >= 15 is 0 Å². The molecular formula is C21H36N8O6. The summed E-state index contributed by atoms with van der Waals surface area (Å²) in [7, 11) is 0. The topological polar surface area (TPSA) is 235 Å². The number of amides is 4. The largest absolute Gasteiger partial charge is 0.480 e. The molecule has 0 aliphatic carbocycles. The molecule has 2 fully saturated rings. The molecule has 14 heteroatoms. The first-order valence-corrected chi connectivity index (χ1v) is 11.8. The van der Waals surface area contributed by atoms with E-state index < -0.39 is 47.9 Å². The Kier molecular flexibility index (Phi) is 10.7. The highest BCUT2D eigenvalue weighted by atomic mass is 16.4. The molecule has 0 aromatic carbocycles. The van der Waals surface area contributed by atoms with Crippen LogP contribution in [0.15, 0.2) is 4.99 Å². The molecule has 4 unspecified atom stereocenters. The molecule has 2 aliphatic heterocycles. The van der Waals surface area contributed by atoms with Crippen molar-refractivity contribution in [3.05, 3.63) is 0 Å². The molecule has 2 saturated heterocycles. The van der Waals surface area contributed by atoms with Gasteiger partial charge in [0.15, 0.2) is 5.96 Å². The molecule has 196 valence electrons. The molecule has 0 spiro atoms. The summed E-state index contributed by atoms with van der Waals surface area (Å²) in [5.74, 6) is -3.45. The van der Waals surface area contributed by atoms with Gasteiger partial charge in [-0.1, -0.05) is 0 Å². The van der Waals surface area contributed by atoms with Crippen LogP contribution in [-0.2, 0) is 24.0 Å². The number of nitrogens with zero attached hydrogens (tertiary/aromatic N) is 2. The number of guanidine groups is 1. The SMILES string of the molecule is NC(=O)CCC(NC(=O)C1CCCN1)C(=O)NC(CCCN=C(N)N)C(=O)N1CCCC1C(=O)O. The number of nitrogens with one attached hydrogen (secondary N) is 3. The minimum atomic E-state index is -1.11. The smallest absolute Gasteiger partial charge is 0.326 e. The van der Waals surface area contributed by atoms with Crippen LogP contribution in [-0.4, -0.2) is 89.4 Å². The van der Waals surface area contributed by atoms with Crippen LogP contribution >= 0.6 is 0 Å². The van der Waals surface area contributed by atoms with Crippen LogP contribution in [0.25, 0.3) is 0 Å². The van der Waals surface area contributed by atoms with Gasteiger partial charge in [0.1, 0.15) is 18.1 Å². The van der Waals surface area contributed by atoms with Gasteiger partial charge in [-0.3, -0.25) is 24.2 Å². The maximum absolute atomic E-state index is 13.2. The van der Waals surface area contributed by atoms with Crippen molar-refractivity contribution in [1.82, 2.24) is 20.9 Å². The van der Waals surface area contributed by atoms with E-state index in [9.17, 15) is 29.1 Å². The second kappa shape index (κ2) is 13.5. The quantitative estimate of drug-likeness (QED) is 0.0785. The maximum Gasteiger partial charge on any atom is 0.326 e. The Morgan fingerprint density at radius 3 is 2.37 bits per heavy atom. The third kappa shape index (κ3) is 8.70. The number of likely N-dealkylation sites (tertiary alicyclic amines) is 1. The fourth-order valence-corrected chi connectivity index (χ4v) is 4.26. The Balaban J connectivity index is 2.15. The maximum atomic E-state index is 13.2. The second-order valence-electron chi connectivity index (χ2n) is 8.75. The van der Waals surface area contributed by atoms with E-state index in [1.807, 2.05) is 0 Å². The van der Waals surface area contributed by atoms with Gasteiger partial charge in [-0.15, -0.1) is 0 Å². The zero-order chi connectivity index (χ0) is 26.0. The van der Waals surface area contributed by atoms with Gasteiger partial charge < -0.3 is 43.2 Å². The molecule has 4 amide bonds. The Morgan fingerprint density at radius 2 is 1.77 bits per heavy atom. The van der Waals surface area contributed by atoms with Crippen molar-refractivity contribution >= 4 is 35.6 Å². The molecule has 2 rings (SSSR count). The lowest BCUT2D eigenvalue weighted by Gasteiger charge is -2.29. The second-order valence-corrected chi connectivity index (χ2v) is 8.75. The first-order chi connectivity index (χ1) is 16.6. The number of carbonyl (C=O) groups is 5. The van der Waals surface area contributed by atoms with Crippen LogP contribution < -0.4 is 33.2 Å². The predicted molar refractivity (Wildman–Crippen MR) is 126 cm³/mol. The van der Waals surface area contributed by atoms with Crippen molar-refractivity contribution in [1.29, 1.82) is 0 Å². The molecule has 0 saturated carbocycles. The van der Waals surface area contributed by atoms with Gasteiger partial charge in [0, 0.05) is 19.5 Å². The lowest BCUT2D eigenvalue weighted by molar-refractivity contribution is -0.149. The van der Waals surface area contributed by atoms with Crippen molar-refractivity contribution in [2.24, 2.45) is 22.2 Å². The van der Waals surface area contributed by atoms with E-state index in [2.05, 4.69) is 20.9 Å². The molecule has 4 atom stereocenters. The average molecular weight is 497 g/mol. The minimum absolute atomic E-state index is 0.0456. The number of primary amides is 1. The van der Waals surface area contributed by atoms with Crippen LogP contribution in [0, 0.1) is 0 Å². The van der Waals surface area contributed by atoms with E-state index in [0.29, 0.717) is 32.2 Å². The Morgan fingerprint density at radius 1 is 1.03 bits per heavy atom. The molecule has 0 aromatic rings. The summed E-state index contributed by atoms with van der Waals surface area (Å²) in [5.41, 5.74) is 15.9. The van der Waals surface area contributed by atoms with Crippen LogP contribution in [0.5, 0.6) is 0 Å². The highest BCUT2D eigenvalue weighted by Crippen LogP contribution is 2.20. The summed E-state index contributed by atoms with van der Waals surface area (Å²) in [5, 5.41) is 17.8. The molecule has 0 bridgehead atoms. The van der Waals surface area contributed by atoms with Crippen LogP contribution in [0.1, 0.15) is 51.4 Å². The van der Waals surface area contributed by atoms with Crippen LogP contribution in [0.4, 0.5) is 0 Å². The number of carboxylic acids is 1. The van der Waals surface area contributed by atoms with Crippen molar-refractivity contribution < 1.29 is 29.1 Å². The summed E-state index contributed by atoms with van der Waals surface area (Å²) < 4.78 is 0. The highest BCUT2D eigenvalue weighted by Gasteiger charge is 2.38. The number of aliphatic imine (C=N–C) groups is 1. The summed E-state index contributed by atoms with van der Waals surface area (Å²) in [6.45, 7) is 1.15. The van der Waals surface area contributed by atoms with E-state index in [4.69, 9.17) is 17.2 Å². The van der Waals surface area contributed by atoms with Gasteiger partial charge in [0.05, 0.1) is 6.04 Å². The van der Waals surface area contributed by atoms with Gasteiger partial charge >= 0.3 is 5.97 Å². The van der Waals surface area contributed by atoms with E-state index in [1.54, 1.807) is 0 Å². The zero-order valence-electron chi connectivity index (χ0n) is 19.7. The summed E-state index contributed by atoms with van der Waals surface area (Å²) >= 11 is 0. The van der Waals surface area contributed by atoms with Gasteiger partial charge in [0.25, 0.3) is 0 Å². The lowest BCUT2D eigenvalue weighted by Crippen LogP contribution is -2.57. The molecule has 2 heterocycles. The number of hydrogen-bond acceptors (Lipinski definition) is 7. The third-order valence-corrected chi connectivity index (χ3v) is 6.07. The summed E-state index contributed by atoms with van der Waals surface area (Å²) in [6.07, 6.45) is 2.58. The summed E-state index contributed by atoms with van der Waals surface area (Å²) in [6, 6.07) is -3.58. The Hall–Kier alpha value is -3.42. The van der Waals surface area contributed by atoms with Gasteiger partial charge in [-0.2, -0.15) is 0 Å². The summed E-state index contributed by atoms with van der Waals surface area (Å²) in [4.78, 5) is 67.0. The first-order valence-electron chi connectivity index (χ1n) is 11.8. The van der Waals surface area contributed by atoms with Crippen molar-refractivity contribution in [3.8, 4) is 0 Å². The van der Waals surface area contributed by atoms with Gasteiger partial charge in [-0.05, 0) is 51.5 Å². The highest BCUT2D eigenvalue weighted by molar-refractivity contribution is 5.94. The Labute approximate surface area is 203 Å². The van der Waals surface area contributed by atoms with Crippen LogP contribution in [0.3, 0.4) is 0 Å². The minimum Gasteiger partial charge on any atom is -0.480 e. The molecule has 2 aliphatic rings. The van der Waals surface area contributed by atoms with E-state index in [1.165, 1.54) is 4.90 Å². The molecule has 0 aromatic heterocycles. The van der Waals surface area contributed by atoms with Crippen molar-refractivity contribution in [2.45, 2.75) is 75.5 Å². The monoisotopic (exact) mass is 496 g/mol. The van der Waals surface area contributed by atoms with Gasteiger partial charge in [-0.25, -0.2) is 4.79 Å². The lowest BCUT2D eigenvalue weighted by atomic mass is 10.1. The number of hydrogen-bond donors (Lipinski definition) is 7. The fourth-order valence-electron chi connectivity index (χ4n) is 4.26. The molecule has 0 radical (unpaired) electrons. The molecule has 35 heavy (non-hydrogen) atoms. The number of carbonyl (C=O) groups excluding carboxylic acids is 4. The van der Waals surface area contributed by atoms with Crippen molar-refractivity contribution in [2.75, 3.05) is 19.6 Å². The molecule has 10 N–H and O–H groups in total. The number of carboxylic acid groups (broad SMARTS) is 1. The normalized spacial score (nSPS) is 21.1. The number of nitrogens with two attached hydrogens (primary N) is 3. The fraction of sp³-hybridized carbons (Fsp3) is 0.714. The first kappa shape index (κ1) is 27.8. The van der Waals surface area contributed by atoms with E-state index in [0.717, 1.165) is 6.42 Å².